The Morgan fingerprint density at radius 3 is 2.55 bits per heavy atom. The topological polar surface area (TPSA) is 25.8 Å². The number of hydrogen-bond donors (Lipinski definition) is 0. The summed E-state index contributed by atoms with van der Waals surface area (Å²) in [7, 11) is 0. The van der Waals surface area contributed by atoms with Crippen LogP contribution in [0.5, 0.6) is 0 Å². The first-order valence-electron chi connectivity index (χ1n) is 5.94. The van der Waals surface area contributed by atoms with Crippen molar-refractivity contribution in [2.24, 2.45) is 0 Å². The fourth-order valence-electron chi connectivity index (χ4n) is 1.94. The van der Waals surface area contributed by atoms with Crippen LogP contribution < -0.4 is 0 Å². The fraction of sp³-hybridized carbons (Fsp3) is 0.0667. The summed E-state index contributed by atoms with van der Waals surface area (Å²) < 4.78 is 27.4. The minimum Gasteiger partial charge on any atom is -0.225 e. The second kappa shape index (κ2) is 4.80. The maximum absolute atomic E-state index is 13.8. The minimum atomic E-state index is -0.486. The lowest BCUT2D eigenvalue weighted by Crippen LogP contribution is -1.95. The molecule has 5 heteroatoms. The average molecular weight is 291 g/mol. The van der Waals surface area contributed by atoms with Gasteiger partial charge in [0, 0.05) is 10.9 Å². The molecule has 0 unspecified atom stereocenters. The molecule has 0 atom stereocenters. The number of fused-ring (bicyclic) bond motifs is 1. The maximum Gasteiger partial charge on any atom is 0.161 e. The van der Waals surface area contributed by atoms with E-state index in [4.69, 9.17) is 11.6 Å². The molecule has 0 spiro atoms. The second-order valence-corrected chi connectivity index (χ2v) is 4.80. The molecule has 100 valence electrons. The predicted molar refractivity (Wildman–Crippen MR) is 74.6 cm³/mol. The predicted octanol–water partition coefficient (Wildman–Crippen LogP) is 4.54. The van der Waals surface area contributed by atoms with Gasteiger partial charge in [0.2, 0.25) is 0 Å². The van der Waals surface area contributed by atoms with E-state index in [-0.39, 0.29) is 22.3 Å². The van der Waals surface area contributed by atoms with Gasteiger partial charge < -0.3 is 0 Å². The van der Waals surface area contributed by atoms with E-state index in [1.807, 2.05) is 0 Å². The van der Waals surface area contributed by atoms with Crippen LogP contribution in [0.3, 0.4) is 0 Å². The molecule has 20 heavy (non-hydrogen) atoms. The van der Waals surface area contributed by atoms with Crippen molar-refractivity contribution in [3.8, 4) is 11.4 Å². The van der Waals surface area contributed by atoms with Crippen molar-refractivity contribution in [3.05, 3.63) is 58.7 Å². The summed E-state index contributed by atoms with van der Waals surface area (Å²) >= 11 is 6.04. The Hall–Kier alpha value is -2.07. The Bertz CT molecular complexity index is 818. The Morgan fingerprint density at radius 1 is 1.00 bits per heavy atom. The van der Waals surface area contributed by atoms with E-state index in [0.717, 1.165) is 0 Å². The molecule has 0 N–H and O–H groups in total. The molecule has 0 amide bonds. The van der Waals surface area contributed by atoms with E-state index in [1.54, 1.807) is 25.1 Å². The molecule has 0 saturated carbocycles. The molecule has 0 aliphatic heterocycles. The molecule has 0 saturated heterocycles. The normalized spacial score (nSPS) is 11.0. The Kier molecular flexibility index (Phi) is 3.10. The van der Waals surface area contributed by atoms with E-state index in [2.05, 4.69) is 9.97 Å². The molecule has 1 aromatic heterocycles. The molecule has 3 aromatic rings. The molecule has 0 radical (unpaired) electrons. The standard InChI is InChI=1S/C15H9ClF2N2/c1-8-5-6-9(7-12(8)18)15-19-13-10(14(16)20-15)3-2-4-11(13)17/h2-7H,1H3. The van der Waals surface area contributed by atoms with Gasteiger partial charge in [0.25, 0.3) is 0 Å². The molecular weight excluding hydrogens is 282 g/mol. The maximum atomic E-state index is 13.8. The van der Waals surface area contributed by atoms with Gasteiger partial charge in [-0.25, -0.2) is 18.7 Å². The third-order valence-electron chi connectivity index (χ3n) is 3.06. The van der Waals surface area contributed by atoms with Gasteiger partial charge in [-0.05, 0) is 30.7 Å². The molecule has 2 aromatic carbocycles. The van der Waals surface area contributed by atoms with E-state index < -0.39 is 5.82 Å². The highest BCUT2D eigenvalue weighted by molar-refractivity contribution is 6.34. The van der Waals surface area contributed by atoms with E-state index in [0.29, 0.717) is 16.5 Å². The van der Waals surface area contributed by atoms with Gasteiger partial charge in [-0.2, -0.15) is 0 Å². The van der Waals surface area contributed by atoms with E-state index in [9.17, 15) is 8.78 Å². The first kappa shape index (κ1) is 12.9. The highest BCUT2D eigenvalue weighted by Gasteiger charge is 2.12. The molecule has 0 aliphatic carbocycles. The highest BCUT2D eigenvalue weighted by atomic mass is 35.5. The number of benzene rings is 2. The van der Waals surface area contributed by atoms with Crippen molar-refractivity contribution in [1.29, 1.82) is 0 Å². The van der Waals surface area contributed by atoms with Crippen molar-refractivity contribution in [2.45, 2.75) is 6.92 Å². The summed E-state index contributed by atoms with van der Waals surface area (Å²) in [5.41, 5.74) is 1.11. The van der Waals surface area contributed by atoms with Crippen molar-refractivity contribution >= 4 is 22.5 Å². The van der Waals surface area contributed by atoms with Crippen molar-refractivity contribution in [2.75, 3.05) is 0 Å². The quantitative estimate of drug-likeness (QED) is 0.615. The second-order valence-electron chi connectivity index (χ2n) is 4.44. The van der Waals surface area contributed by atoms with Gasteiger partial charge >= 0.3 is 0 Å². The van der Waals surface area contributed by atoms with Crippen LogP contribution in [0.1, 0.15) is 5.56 Å². The van der Waals surface area contributed by atoms with Gasteiger partial charge in [0.1, 0.15) is 22.3 Å². The molecule has 2 nitrogen and oxygen atoms in total. The molecule has 0 bridgehead atoms. The lowest BCUT2D eigenvalue weighted by molar-refractivity contribution is 0.619. The fourth-order valence-corrected chi connectivity index (χ4v) is 2.17. The number of para-hydroxylation sites is 1. The van der Waals surface area contributed by atoms with Crippen molar-refractivity contribution in [3.63, 3.8) is 0 Å². The zero-order valence-electron chi connectivity index (χ0n) is 10.5. The van der Waals surface area contributed by atoms with Crippen LogP contribution in [0.15, 0.2) is 36.4 Å². The third kappa shape index (κ3) is 2.12. The summed E-state index contributed by atoms with van der Waals surface area (Å²) in [5.74, 6) is -0.650. The van der Waals surface area contributed by atoms with Gasteiger partial charge in [0.15, 0.2) is 5.82 Å². The van der Waals surface area contributed by atoms with Crippen LogP contribution in [0.25, 0.3) is 22.3 Å². The average Bonchev–Trinajstić information content (AvgIpc) is 2.43. The van der Waals surface area contributed by atoms with Crippen LogP contribution in [0.4, 0.5) is 8.78 Å². The van der Waals surface area contributed by atoms with Gasteiger partial charge in [-0.1, -0.05) is 29.8 Å². The monoisotopic (exact) mass is 290 g/mol. The third-order valence-corrected chi connectivity index (χ3v) is 3.35. The van der Waals surface area contributed by atoms with Crippen LogP contribution in [0.2, 0.25) is 5.15 Å². The van der Waals surface area contributed by atoms with Crippen LogP contribution >= 0.6 is 11.6 Å². The number of aromatic nitrogens is 2. The molecule has 1 heterocycles. The van der Waals surface area contributed by atoms with Crippen LogP contribution in [0, 0.1) is 18.6 Å². The minimum absolute atomic E-state index is 0.128. The first-order chi connectivity index (χ1) is 9.56. The number of nitrogens with zero attached hydrogens (tertiary/aromatic N) is 2. The molecular formula is C15H9ClF2N2. The number of aryl methyl sites for hydroxylation is 1. The van der Waals surface area contributed by atoms with E-state index >= 15 is 0 Å². The number of rotatable bonds is 1. The van der Waals surface area contributed by atoms with Crippen molar-refractivity contribution in [1.82, 2.24) is 9.97 Å². The summed E-state index contributed by atoms with van der Waals surface area (Å²) in [5, 5.41) is 0.577. The first-order valence-corrected chi connectivity index (χ1v) is 6.32. The van der Waals surface area contributed by atoms with E-state index in [1.165, 1.54) is 18.2 Å². The lowest BCUT2D eigenvalue weighted by atomic mass is 10.1. The van der Waals surface area contributed by atoms with Gasteiger partial charge in [-0.15, -0.1) is 0 Å². The smallest absolute Gasteiger partial charge is 0.161 e. The largest absolute Gasteiger partial charge is 0.225 e. The Balaban J connectivity index is 2.26. The van der Waals surface area contributed by atoms with Crippen LogP contribution in [-0.2, 0) is 0 Å². The summed E-state index contributed by atoms with van der Waals surface area (Å²) in [6, 6.07) is 9.08. The van der Waals surface area contributed by atoms with Gasteiger partial charge in [-0.3, -0.25) is 0 Å². The number of halogens is 3. The molecule has 0 fully saturated rings. The van der Waals surface area contributed by atoms with Crippen molar-refractivity contribution < 1.29 is 8.78 Å². The SMILES string of the molecule is Cc1ccc(-c2nc(Cl)c3cccc(F)c3n2)cc1F. The zero-order valence-corrected chi connectivity index (χ0v) is 11.2. The Labute approximate surface area is 119 Å². The summed E-state index contributed by atoms with van der Waals surface area (Å²) in [4.78, 5) is 8.24. The Morgan fingerprint density at radius 2 is 1.80 bits per heavy atom. The zero-order chi connectivity index (χ0) is 14.3. The molecule has 0 aliphatic rings. The van der Waals surface area contributed by atoms with Gasteiger partial charge in [0.05, 0.1) is 0 Å². The summed E-state index contributed by atoms with van der Waals surface area (Å²) in [6.45, 7) is 1.66. The lowest BCUT2D eigenvalue weighted by Gasteiger charge is -2.06. The van der Waals surface area contributed by atoms with Crippen LogP contribution in [-0.4, -0.2) is 9.97 Å². The summed E-state index contributed by atoms with van der Waals surface area (Å²) in [6.07, 6.45) is 0. The number of hydrogen-bond acceptors (Lipinski definition) is 2. The molecule has 3 rings (SSSR count). The highest BCUT2D eigenvalue weighted by Crippen LogP contribution is 2.27.